The lowest BCUT2D eigenvalue weighted by molar-refractivity contribution is 0.0602. The average Bonchev–Trinajstić information content (AvgIpc) is 3.08. The second-order valence-electron chi connectivity index (χ2n) is 6.39. The first kappa shape index (κ1) is 15.3. The minimum Gasteiger partial charge on any atom is -0.380 e. The maximum atomic E-state index is 11.5. The first-order chi connectivity index (χ1) is 10.7. The van der Waals surface area contributed by atoms with Gasteiger partial charge in [-0.3, -0.25) is 0 Å². The normalized spacial score (nSPS) is 18.3. The summed E-state index contributed by atoms with van der Waals surface area (Å²) in [6, 6.07) is 18.4. The quantitative estimate of drug-likeness (QED) is 0.909. The fraction of sp³-hybridized carbons (Fsp3) is 0.400. The summed E-state index contributed by atoms with van der Waals surface area (Å²) < 4.78 is 0. The molecule has 116 valence electrons. The Kier molecular flexibility index (Phi) is 4.60. The maximum Gasteiger partial charge on any atom is 0.116 e. The van der Waals surface area contributed by atoms with Gasteiger partial charge in [0, 0.05) is 6.54 Å². The van der Waals surface area contributed by atoms with Crippen LogP contribution in [0.4, 0.5) is 0 Å². The van der Waals surface area contributed by atoms with E-state index in [9.17, 15) is 5.11 Å². The Morgan fingerprint density at radius 1 is 0.909 bits per heavy atom. The van der Waals surface area contributed by atoms with Crippen LogP contribution in [0, 0.1) is 6.92 Å². The van der Waals surface area contributed by atoms with Crippen molar-refractivity contribution in [1.82, 2.24) is 4.90 Å². The Balaban J connectivity index is 1.88. The van der Waals surface area contributed by atoms with Gasteiger partial charge in [0.2, 0.25) is 0 Å². The van der Waals surface area contributed by atoms with E-state index >= 15 is 0 Å². The average molecular weight is 295 g/mol. The Hall–Kier alpha value is -1.64. The molecule has 1 N–H and O–H groups in total. The summed E-state index contributed by atoms with van der Waals surface area (Å²) in [6.45, 7) is 5.35. The van der Waals surface area contributed by atoms with Gasteiger partial charge in [-0.05, 0) is 50.4 Å². The highest BCUT2D eigenvalue weighted by molar-refractivity contribution is 5.37. The molecule has 0 unspecified atom stereocenters. The van der Waals surface area contributed by atoms with Gasteiger partial charge in [0.1, 0.15) is 5.60 Å². The lowest BCUT2D eigenvalue weighted by atomic mass is 9.83. The van der Waals surface area contributed by atoms with E-state index in [4.69, 9.17) is 0 Å². The molecule has 1 fully saturated rings. The first-order valence-corrected chi connectivity index (χ1v) is 8.26. The Morgan fingerprint density at radius 2 is 1.50 bits per heavy atom. The Labute approximate surface area is 133 Å². The number of benzene rings is 2. The number of aryl methyl sites for hydroxylation is 1. The summed E-state index contributed by atoms with van der Waals surface area (Å²) in [5.74, 6) is 0. The molecule has 1 aliphatic rings. The number of hydrogen-bond donors (Lipinski definition) is 1. The molecule has 22 heavy (non-hydrogen) atoms. The van der Waals surface area contributed by atoms with Gasteiger partial charge in [-0.1, -0.05) is 60.2 Å². The molecule has 2 aromatic rings. The third kappa shape index (κ3) is 3.23. The molecule has 1 heterocycles. The Bertz CT molecular complexity index is 587. The molecule has 1 aliphatic heterocycles. The Morgan fingerprint density at radius 3 is 2.14 bits per heavy atom. The van der Waals surface area contributed by atoms with E-state index in [1.807, 2.05) is 30.3 Å². The van der Waals surface area contributed by atoms with E-state index < -0.39 is 5.60 Å². The molecule has 0 saturated carbocycles. The van der Waals surface area contributed by atoms with Crippen LogP contribution in [0.2, 0.25) is 0 Å². The van der Waals surface area contributed by atoms with E-state index in [1.54, 1.807) is 0 Å². The zero-order valence-corrected chi connectivity index (χ0v) is 13.3. The molecular weight excluding hydrogens is 270 g/mol. The van der Waals surface area contributed by atoms with Gasteiger partial charge >= 0.3 is 0 Å². The predicted octanol–water partition coefficient (Wildman–Crippen LogP) is 3.72. The number of aliphatic hydroxyl groups is 1. The summed E-state index contributed by atoms with van der Waals surface area (Å²) in [4.78, 5) is 2.46. The highest BCUT2D eigenvalue weighted by Crippen LogP contribution is 2.33. The van der Waals surface area contributed by atoms with Crippen molar-refractivity contribution in [2.75, 3.05) is 19.6 Å². The number of hydrogen-bond acceptors (Lipinski definition) is 2. The number of nitrogens with zero attached hydrogens (tertiary/aromatic N) is 1. The van der Waals surface area contributed by atoms with Crippen molar-refractivity contribution in [2.24, 2.45) is 0 Å². The molecule has 0 bridgehead atoms. The summed E-state index contributed by atoms with van der Waals surface area (Å²) in [6.07, 6.45) is 3.31. The molecule has 3 rings (SSSR count). The molecule has 0 aromatic heterocycles. The van der Waals surface area contributed by atoms with Crippen LogP contribution >= 0.6 is 0 Å². The monoisotopic (exact) mass is 295 g/mol. The van der Waals surface area contributed by atoms with E-state index in [1.165, 1.54) is 31.5 Å². The maximum absolute atomic E-state index is 11.5. The van der Waals surface area contributed by atoms with E-state index in [0.29, 0.717) is 0 Å². The molecule has 1 saturated heterocycles. The van der Waals surface area contributed by atoms with Crippen LogP contribution in [-0.4, -0.2) is 29.6 Å². The van der Waals surface area contributed by atoms with Crippen molar-refractivity contribution < 1.29 is 5.11 Å². The van der Waals surface area contributed by atoms with E-state index in [-0.39, 0.29) is 0 Å². The van der Waals surface area contributed by atoms with Gasteiger partial charge in [-0.25, -0.2) is 0 Å². The summed E-state index contributed by atoms with van der Waals surface area (Å²) >= 11 is 0. The smallest absolute Gasteiger partial charge is 0.116 e. The highest BCUT2D eigenvalue weighted by Gasteiger charge is 2.32. The minimum atomic E-state index is -0.905. The largest absolute Gasteiger partial charge is 0.380 e. The zero-order chi connectivity index (χ0) is 15.4. The highest BCUT2D eigenvalue weighted by atomic mass is 16.3. The number of rotatable bonds is 5. The summed E-state index contributed by atoms with van der Waals surface area (Å²) in [5.41, 5.74) is 2.29. The zero-order valence-electron chi connectivity index (χ0n) is 13.3. The van der Waals surface area contributed by atoms with Gasteiger partial charge in [0.05, 0.1) is 0 Å². The van der Waals surface area contributed by atoms with Gasteiger partial charge < -0.3 is 10.0 Å². The third-order valence-corrected chi connectivity index (χ3v) is 4.77. The van der Waals surface area contributed by atoms with Crippen LogP contribution in [0.1, 0.15) is 36.0 Å². The van der Waals surface area contributed by atoms with Crippen LogP contribution in [-0.2, 0) is 5.60 Å². The van der Waals surface area contributed by atoms with Crippen molar-refractivity contribution >= 4 is 0 Å². The third-order valence-electron chi connectivity index (χ3n) is 4.77. The predicted molar refractivity (Wildman–Crippen MR) is 90.9 cm³/mol. The van der Waals surface area contributed by atoms with E-state index in [2.05, 4.69) is 36.1 Å². The molecule has 0 amide bonds. The second kappa shape index (κ2) is 6.64. The van der Waals surface area contributed by atoms with Crippen LogP contribution in [0.15, 0.2) is 54.6 Å². The van der Waals surface area contributed by atoms with Crippen molar-refractivity contribution in [3.63, 3.8) is 0 Å². The molecule has 1 atom stereocenters. The lowest BCUT2D eigenvalue weighted by Gasteiger charge is -2.31. The van der Waals surface area contributed by atoms with Crippen LogP contribution in [0.3, 0.4) is 0 Å². The topological polar surface area (TPSA) is 23.5 Å². The second-order valence-corrected chi connectivity index (χ2v) is 6.39. The van der Waals surface area contributed by atoms with E-state index in [0.717, 1.165) is 24.1 Å². The SMILES string of the molecule is Cc1ccc([C@@](O)(CCN2CCCC2)c2ccccc2)cc1. The molecule has 0 aliphatic carbocycles. The van der Waals surface area contributed by atoms with Crippen molar-refractivity contribution in [2.45, 2.75) is 31.8 Å². The van der Waals surface area contributed by atoms with Gasteiger partial charge in [0.25, 0.3) is 0 Å². The summed E-state index contributed by atoms with van der Waals surface area (Å²) in [5, 5.41) is 11.5. The molecular formula is C20H25NO. The molecule has 0 radical (unpaired) electrons. The van der Waals surface area contributed by atoms with Crippen LogP contribution in [0.25, 0.3) is 0 Å². The van der Waals surface area contributed by atoms with Crippen molar-refractivity contribution in [1.29, 1.82) is 0 Å². The van der Waals surface area contributed by atoms with Gasteiger partial charge in [-0.15, -0.1) is 0 Å². The van der Waals surface area contributed by atoms with Crippen LogP contribution < -0.4 is 0 Å². The molecule has 0 spiro atoms. The molecule has 2 heteroatoms. The summed E-state index contributed by atoms with van der Waals surface area (Å²) in [7, 11) is 0. The molecule has 2 nitrogen and oxygen atoms in total. The lowest BCUT2D eigenvalue weighted by Crippen LogP contribution is -2.33. The minimum absolute atomic E-state index is 0.736. The molecule has 2 aromatic carbocycles. The van der Waals surface area contributed by atoms with Gasteiger partial charge in [0.15, 0.2) is 0 Å². The van der Waals surface area contributed by atoms with Crippen LogP contribution in [0.5, 0.6) is 0 Å². The van der Waals surface area contributed by atoms with Crippen molar-refractivity contribution in [3.05, 3.63) is 71.3 Å². The van der Waals surface area contributed by atoms with Crippen molar-refractivity contribution in [3.8, 4) is 0 Å². The number of likely N-dealkylation sites (tertiary alicyclic amines) is 1. The standard InChI is InChI=1S/C20H25NO/c1-17-9-11-19(12-10-17)20(22,18-7-3-2-4-8-18)13-16-21-14-5-6-15-21/h2-4,7-12,22H,5-6,13-16H2,1H3/t20-/m1/s1. The van der Waals surface area contributed by atoms with Gasteiger partial charge in [-0.2, -0.15) is 0 Å². The fourth-order valence-electron chi connectivity index (χ4n) is 3.32. The fourth-order valence-corrected chi connectivity index (χ4v) is 3.32. The first-order valence-electron chi connectivity index (χ1n) is 8.26.